The zero-order valence-electron chi connectivity index (χ0n) is 19.0. The molecule has 0 bridgehead atoms. The summed E-state index contributed by atoms with van der Waals surface area (Å²) in [6, 6.07) is 15.0. The molecule has 0 aromatic heterocycles. The molecule has 0 N–H and O–H groups in total. The summed E-state index contributed by atoms with van der Waals surface area (Å²) in [5.74, 6) is 0. The molecule has 2 aromatic rings. The molecule has 2 rings (SSSR count). The molecule has 0 fully saturated rings. The maximum absolute atomic E-state index is 2.19. The third kappa shape index (κ3) is 25.7. The van der Waals surface area contributed by atoms with Crippen LogP contribution in [0.2, 0.25) is 0 Å². The van der Waals surface area contributed by atoms with Gasteiger partial charge >= 0.3 is 0 Å². The second-order valence-electron chi connectivity index (χ2n) is 4.82. The molecule has 0 heterocycles. The van der Waals surface area contributed by atoms with Gasteiger partial charge in [0.15, 0.2) is 0 Å². The van der Waals surface area contributed by atoms with Gasteiger partial charge in [0.1, 0.15) is 0 Å². The maximum atomic E-state index is 2.19. The minimum Gasteiger partial charge on any atom is -0.358 e. The molecule has 0 radical (unpaired) electrons. The number of benzene rings is 2. The fourth-order valence-corrected chi connectivity index (χ4v) is 2.01. The first-order valence-electron chi connectivity index (χ1n) is 9.05. The van der Waals surface area contributed by atoms with Crippen LogP contribution >= 0.6 is 0 Å². The van der Waals surface area contributed by atoms with Crippen molar-refractivity contribution in [3.05, 3.63) is 77.7 Å². The van der Waals surface area contributed by atoms with Crippen molar-refractivity contribution in [3.63, 3.8) is 0 Å². The van der Waals surface area contributed by atoms with Crippen LogP contribution in [0.4, 0.5) is 0 Å². The van der Waals surface area contributed by atoms with E-state index in [2.05, 4.69) is 77.1 Å². The fourth-order valence-electron chi connectivity index (χ4n) is 2.01. The molecule has 0 aliphatic carbocycles. The molecule has 26 heavy (non-hydrogen) atoms. The average molecular weight is 586 g/mol. The Bertz CT molecular complexity index is 420. The average Bonchev–Trinajstić information content (AvgIpc) is 2.52. The van der Waals surface area contributed by atoms with Gasteiger partial charge in [0.25, 0.3) is 0 Å². The molecule has 0 spiro atoms. The Morgan fingerprint density at radius 2 is 0.654 bits per heavy atom. The SMILES string of the molecule is C.CC.CC.CC.Cc1cc(C)cc(C)c1.Cc1cccc(C)c1.[CH3-].[U]. The second-order valence-corrected chi connectivity index (χ2v) is 4.82. The topological polar surface area (TPSA) is 0 Å². The molecule has 0 unspecified atom stereocenters. The number of rotatable bonds is 0. The number of aryl methyl sites for hydroxylation is 5. The van der Waals surface area contributed by atoms with Crippen LogP contribution in [0.3, 0.4) is 0 Å². The van der Waals surface area contributed by atoms with Crippen LogP contribution in [-0.4, -0.2) is 0 Å². The van der Waals surface area contributed by atoms with E-state index in [9.17, 15) is 0 Å². The Kier molecular flexibility index (Phi) is 45.3. The van der Waals surface area contributed by atoms with E-state index in [1.165, 1.54) is 27.8 Å². The predicted molar refractivity (Wildman–Crippen MR) is 124 cm³/mol. The minimum atomic E-state index is 0. The number of hydrogen-bond acceptors (Lipinski definition) is 0. The van der Waals surface area contributed by atoms with Gasteiger partial charge in [-0.15, -0.1) is 0 Å². The zero-order valence-corrected chi connectivity index (χ0v) is 23.2. The van der Waals surface area contributed by atoms with Crippen molar-refractivity contribution in [1.82, 2.24) is 0 Å². The van der Waals surface area contributed by atoms with Crippen LogP contribution < -0.4 is 0 Å². The van der Waals surface area contributed by atoms with Crippen molar-refractivity contribution in [1.29, 1.82) is 0 Å². The van der Waals surface area contributed by atoms with E-state index < -0.39 is 0 Å². The van der Waals surface area contributed by atoms with Crippen molar-refractivity contribution in [2.45, 2.75) is 83.6 Å². The van der Waals surface area contributed by atoms with E-state index >= 15 is 0 Å². The summed E-state index contributed by atoms with van der Waals surface area (Å²) in [7, 11) is 0. The summed E-state index contributed by atoms with van der Waals surface area (Å²) in [6.07, 6.45) is 0. The molecule has 0 atom stereocenters. The van der Waals surface area contributed by atoms with Crippen LogP contribution in [-0.2, 0) is 0 Å². The van der Waals surface area contributed by atoms with Gasteiger partial charge < -0.3 is 7.43 Å². The molecule has 1 heteroatoms. The van der Waals surface area contributed by atoms with Gasteiger partial charge in [-0.05, 0) is 34.6 Å². The van der Waals surface area contributed by atoms with Gasteiger partial charge in [-0.25, -0.2) is 0 Å². The molecule has 2 aromatic carbocycles. The van der Waals surface area contributed by atoms with E-state index in [-0.39, 0.29) is 46.0 Å². The minimum absolute atomic E-state index is 0. The Hall–Kier alpha value is -0.508. The molecular formula is C25H47U-. The van der Waals surface area contributed by atoms with Crippen molar-refractivity contribution < 1.29 is 31.1 Å². The zero-order chi connectivity index (χ0) is 18.8. The molecule has 0 saturated heterocycles. The first kappa shape index (κ1) is 40.2. The first-order chi connectivity index (χ1) is 11.0. The summed E-state index contributed by atoms with van der Waals surface area (Å²) >= 11 is 0. The summed E-state index contributed by atoms with van der Waals surface area (Å²) in [5.41, 5.74) is 6.74. The van der Waals surface area contributed by atoms with Gasteiger partial charge in [-0.1, -0.05) is 119 Å². The molecule has 0 amide bonds. The van der Waals surface area contributed by atoms with Gasteiger partial charge in [0.05, 0.1) is 0 Å². The van der Waals surface area contributed by atoms with Crippen LogP contribution in [0.25, 0.3) is 0 Å². The second kappa shape index (κ2) is 29.3. The van der Waals surface area contributed by atoms with Crippen LogP contribution in [0, 0.1) is 73.2 Å². The molecule has 0 aliphatic heterocycles. The third-order valence-electron chi connectivity index (χ3n) is 2.54. The van der Waals surface area contributed by atoms with E-state index in [0.29, 0.717) is 0 Å². The van der Waals surface area contributed by atoms with Crippen molar-refractivity contribution in [2.24, 2.45) is 0 Å². The molecular weight excluding hydrogens is 538 g/mol. The van der Waals surface area contributed by atoms with Crippen LogP contribution in [0.15, 0.2) is 42.5 Å². The van der Waals surface area contributed by atoms with Crippen molar-refractivity contribution >= 4 is 0 Å². The van der Waals surface area contributed by atoms with E-state index in [0.717, 1.165) is 0 Å². The predicted octanol–water partition coefficient (Wildman–Crippen LogP) is 9.08. The maximum Gasteiger partial charge on any atom is 0 e. The van der Waals surface area contributed by atoms with E-state index in [1.54, 1.807) is 0 Å². The summed E-state index contributed by atoms with van der Waals surface area (Å²) < 4.78 is 0. The Morgan fingerprint density at radius 3 is 0.808 bits per heavy atom. The summed E-state index contributed by atoms with van der Waals surface area (Å²) in [5, 5.41) is 0. The van der Waals surface area contributed by atoms with Crippen molar-refractivity contribution in [3.8, 4) is 0 Å². The molecule has 0 aliphatic rings. The Morgan fingerprint density at radius 1 is 0.462 bits per heavy atom. The summed E-state index contributed by atoms with van der Waals surface area (Å²) in [6.45, 7) is 22.6. The molecule has 0 saturated carbocycles. The standard InChI is InChI=1S/C9H12.C8H10.3C2H6.CH4.CH3.U/c1-7-4-8(2)6-9(3)5-7;1-7-4-3-5-8(2)6-7;3*1-2;;;/h4-6H,1-3H3;3-6H,1-2H3;3*1-2H3;1H4;1H3;/q;;;;;;-1;. The van der Waals surface area contributed by atoms with Gasteiger partial charge in [-0.2, -0.15) is 0 Å². The normalized spacial score (nSPS) is 6.88. The fraction of sp³-hybridized carbons (Fsp3) is 0.480. The van der Waals surface area contributed by atoms with E-state index in [4.69, 9.17) is 0 Å². The Labute approximate surface area is 191 Å². The first-order valence-corrected chi connectivity index (χ1v) is 9.05. The van der Waals surface area contributed by atoms with Gasteiger partial charge in [-0.3, -0.25) is 0 Å². The Balaban J connectivity index is -0.0000000549. The largest absolute Gasteiger partial charge is 0.358 e. The van der Waals surface area contributed by atoms with E-state index in [1.807, 2.05) is 41.5 Å². The van der Waals surface area contributed by atoms with Gasteiger partial charge in [0, 0.05) is 31.1 Å². The molecule has 152 valence electrons. The van der Waals surface area contributed by atoms with Gasteiger partial charge in [0.2, 0.25) is 0 Å². The van der Waals surface area contributed by atoms with Crippen LogP contribution in [0.1, 0.15) is 76.8 Å². The van der Waals surface area contributed by atoms with Crippen LogP contribution in [0.5, 0.6) is 0 Å². The quantitative estimate of drug-likeness (QED) is 0.271. The van der Waals surface area contributed by atoms with Crippen molar-refractivity contribution in [2.75, 3.05) is 0 Å². The molecule has 0 nitrogen and oxygen atoms in total. The number of hydrogen-bond donors (Lipinski definition) is 0. The third-order valence-corrected chi connectivity index (χ3v) is 2.54. The smallest absolute Gasteiger partial charge is 0 e. The monoisotopic (exact) mass is 585 g/mol. The summed E-state index contributed by atoms with van der Waals surface area (Å²) in [4.78, 5) is 0.